The second-order valence-corrected chi connectivity index (χ2v) is 7.35. The Kier molecular flexibility index (Phi) is 4.23. The monoisotopic (exact) mass is 288 g/mol. The Balaban J connectivity index is 1.73. The van der Waals surface area contributed by atoms with E-state index in [9.17, 15) is 0 Å². The van der Waals surface area contributed by atoms with Gasteiger partial charge >= 0.3 is 0 Å². The predicted octanol–water partition coefficient (Wildman–Crippen LogP) is 3.22. The van der Waals surface area contributed by atoms with Crippen LogP contribution >= 0.6 is 0 Å². The van der Waals surface area contributed by atoms with E-state index < -0.39 is 0 Å². The Morgan fingerprint density at radius 1 is 1.10 bits per heavy atom. The van der Waals surface area contributed by atoms with Gasteiger partial charge in [0.05, 0.1) is 0 Å². The molecular formula is C18H28N2O. The van der Waals surface area contributed by atoms with Crippen LogP contribution in [0.2, 0.25) is 0 Å². The Bertz CT molecular complexity index is 453. The van der Waals surface area contributed by atoms with Crippen molar-refractivity contribution < 1.29 is 4.74 Å². The highest BCUT2D eigenvalue weighted by Gasteiger charge is 2.36. The summed E-state index contributed by atoms with van der Waals surface area (Å²) in [5.41, 5.74) is 1.33. The minimum atomic E-state index is -0.129. The van der Waals surface area contributed by atoms with Gasteiger partial charge in [-0.1, -0.05) is 12.1 Å². The van der Waals surface area contributed by atoms with Crippen molar-refractivity contribution in [2.75, 3.05) is 26.2 Å². The average molecular weight is 288 g/mol. The van der Waals surface area contributed by atoms with E-state index in [1.54, 1.807) is 0 Å². The van der Waals surface area contributed by atoms with E-state index in [-0.39, 0.29) is 5.60 Å². The quantitative estimate of drug-likeness (QED) is 0.920. The molecular weight excluding hydrogens is 260 g/mol. The highest BCUT2D eigenvalue weighted by atomic mass is 16.5. The van der Waals surface area contributed by atoms with Gasteiger partial charge in [0.15, 0.2) is 0 Å². The summed E-state index contributed by atoms with van der Waals surface area (Å²) in [6.07, 6.45) is 2.77. The highest BCUT2D eigenvalue weighted by molar-refractivity contribution is 5.30. The topological polar surface area (TPSA) is 24.5 Å². The van der Waals surface area contributed by atoms with Gasteiger partial charge in [0.1, 0.15) is 11.4 Å². The first-order chi connectivity index (χ1) is 10.0. The fraction of sp³-hybridized carbons (Fsp3) is 0.667. The van der Waals surface area contributed by atoms with Crippen LogP contribution in [0.25, 0.3) is 0 Å². The molecule has 1 aromatic carbocycles. The Hall–Kier alpha value is -1.06. The van der Waals surface area contributed by atoms with Crippen molar-refractivity contribution in [2.24, 2.45) is 5.92 Å². The van der Waals surface area contributed by atoms with Crippen LogP contribution in [0.15, 0.2) is 24.3 Å². The lowest BCUT2D eigenvalue weighted by molar-refractivity contribution is 0.130. The van der Waals surface area contributed by atoms with Crippen LogP contribution in [0, 0.1) is 5.92 Å². The van der Waals surface area contributed by atoms with Crippen molar-refractivity contribution >= 4 is 0 Å². The van der Waals surface area contributed by atoms with E-state index in [0.717, 1.165) is 24.8 Å². The van der Waals surface area contributed by atoms with Crippen molar-refractivity contribution in [2.45, 2.75) is 45.3 Å². The number of piperazine rings is 1. The average Bonchev–Trinajstić information content (AvgIpc) is 3.25. The summed E-state index contributed by atoms with van der Waals surface area (Å²) in [5.74, 6) is 1.83. The summed E-state index contributed by atoms with van der Waals surface area (Å²) < 4.78 is 5.93. The summed E-state index contributed by atoms with van der Waals surface area (Å²) in [6.45, 7) is 10.9. The summed E-state index contributed by atoms with van der Waals surface area (Å²) in [6, 6.07) is 9.42. The van der Waals surface area contributed by atoms with E-state index in [4.69, 9.17) is 4.74 Å². The zero-order valence-corrected chi connectivity index (χ0v) is 13.6. The minimum absolute atomic E-state index is 0.129. The predicted molar refractivity (Wildman–Crippen MR) is 86.7 cm³/mol. The van der Waals surface area contributed by atoms with Gasteiger partial charge in [0.25, 0.3) is 0 Å². The maximum atomic E-state index is 5.93. The summed E-state index contributed by atoms with van der Waals surface area (Å²) in [5, 5.41) is 3.45. The number of hydrogen-bond donors (Lipinski definition) is 1. The molecule has 2 fully saturated rings. The molecule has 2 aliphatic rings. The molecule has 21 heavy (non-hydrogen) atoms. The number of ether oxygens (including phenoxy) is 1. The van der Waals surface area contributed by atoms with Crippen molar-refractivity contribution in [1.29, 1.82) is 0 Å². The second kappa shape index (κ2) is 5.98. The van der Waals surface area contributed by atoms with Crippen LogP contribution < -0.4 is 10.1 Å². The first-order valence-corrected chi connectivity index (χ1v) is 8.27. The van der Waals surface area contributed by atoms with Gasteiger partial charge in [-0.15, -0.1) is 0 Å². The largest absolute Gasteiger partial charge is 0.488 e. The van der Waals surface area contributed by atoms with Crippen molar-refractivity contribution in [3.8, 4) is 5.75 Å². The van der Waals surface area contributed by atoms with E-state index in [2.05, 4.69) is 55.3 Å². The van der Waals surface area contributed by atoms with Crippen molar-refractivity contribution in [3.05, 3.63) is 29.8 Å². The van der Waals surface area contributed by atoms with Gasteiger partial charge in [-0.2, -0.15) is 0 Å². The molecule has 1 aromatic rings. The molecule has 0 amide bonds. The lowest BCUT2D eigenvalue weighted by Gasteiger charge is -2.35. The van der Waals surface area contributed by atoms with E-state index in [1.165, 1.54) is 31.5 Å². The zero-order chi connectivity index (χ0) is 14.9. The lowest BCUT2D eigenvalue weighted by Crippen LogP contribution is -2.45. The molecule has 116 valence electrons. The molecule has 3 nitrogen and oxygen atoms in total. The fourth-order valence-corrected chi connectivity index (χ4v) is 3.24. The van der Waals surface area contributed by atoms with Gasteiger partial charge in [0.2, 0.25) is 0 Å². The third kappa shape index (κ3) is 3.98. The lowest BCUT2D eigenvalue weighted by atomic mass is 9.99. The number of rotatable bonds is 4. The molecule has 1 N–H and O–H groups in total. The smallest absolute Gasteiger partial charge is 0.120 e. The molecule has 0 unspecified atom stereocenters. The number of hydrogen-bond acceptors (Lipinski definition) is 3. The molecule has 3 rings (SSSR count). The van der Waals surface area contributed by atoms with Gasteiger partial charge < -0.3 is 10.1 Å². The van der Waals surface area contributed by atoms with Crippen LogP contribution in [-0.2, 0) is 0 Å². The Morgan fingerprint density at radius 3 is 2.24 bits per heavy atom. The van der Waals surface area contributed by atoms with E-state index in [0.29, 0.717) is 6.04 Å². The molecule has 0 spiro atoms. The van der Waals surface area contributed by atoms with Gasteiger partial charge in [-0.3, -0.25) is 4.90 Å². The molecule has 1 aliphatic carbocycles. The van der Waals surface area contributed by atoms with Crippen LogP contribution in [0.4, 0.5) is 0 Å². The molecule has 1 heterocycles. The first-order valence-electron chi connectivity index (χ1n) is 8.27. The molecule has 1 aliphatic heterocycles. The standard InChI is InChI=1S/C18H28N2O/c1-18(2,3)21-16-8-6-15(7-9-16)17(14-4-5-14)20-12-10-19-11-13-20/h6-9,14,17,19H,4-5,10-13H2,1-3H3/t17-/m1/s1. The maximum Gasteiger partial charge on any atom is 0.120 e. The molecule has 1 atom stereocenters. The van der Waals surface area contributed by atoms with Crippen LogP contribution in [0.1, 0.15) is 45.2 Å². The Labute approximate surface area is 128 Å². The van der Waals surface area contributed by atoms with E-state index >= 15 is 0 Å². The molecule has 3 heteroatoms. The van der Waals surface area contributed by atoms with Crippen molar-refractivity contribution in [3.63, 3.8) is 0 Å². The van der Waals surface area contributed by atoms with E-state index in [1.807, 2.05) is 0 Å². The van der Waals surface area contributed by atoms with Gasteiger partial charge in [-0.05, 0) is 57.2 Å². The van der Waals surface area contributed by atoms with Gasteiger partial charge in [0, 0.05) is 32.2 Å². The molecule has 0 radical (unpaired) electrons. The molecule has 1 saturated carbocycles. The molecule has 1 saturated heterocycles. The molecule has 0 bridgehead atoms. The van der Waals surface area contributed by atoms with Crippen LogP contribution in [-0.4, -0.2) is 36.7 Å². The second-order valence-electron chi connectivity index (χ2n) is 7.35. The summed E-state index contributed by atoms with van der Waals surface area (Å²) in [7, 11) is 0. The van der Waals surface area contributed by atoms with Gasteiger partial charge in [-0.25, -0.2) is 0 Å². The summed E-state index contributed by atoms with van der Waals surface area (Å²) >= 11 is 0. The minimum Gasteiger partial charge on any atom is -0.488 e. The third-order valence-electron chi connectivity index (χ3n) is 4.26. The first kappa shape index (κ1) is 14.9. The SMILES string of the molecule is CC(C)(C)Oc1ccc([C@@H](C2CC2)N2CCNCC2)cc1. The fourth-order valence-electron chi connectivity index (χ4n) is 3.24. The van der Waals surface area contributed by atoms with Crippen LogP contribution in [0.5, 0.6) is 5.75 Å². The summed E-state index contributed by atoms with van der Waals surface area (Å²) in [4.78, 5) is 2.66. The Morgan fingerprint density at radius 2 is 1.71 bits per heavy atom. The maximum absolute atomic E-state index is 5.93. The third-order valence-corrected chi connectivity index (χ3v) is 4.26. The number of benzene rings is 1. The molecule has 0 aromatic heterocycles. The van der Waals surface area contributed by atoms with Crippen LogP contribution in [0.3, 0.4) is 0 Å². The number of nitrogens with one attached hydrogen (secondary N) is 1. The zero-order valence-electron chi connectivity index (χ0n) is 13.6. The highest BCUT2D eigenvalue weighted by Crippen LogP contribution is 2.44. The normalized spacial score (nSPS) is 22.0. The number of nitrogens with zero attached hydrogens (tertiary/aromatic N) is 1. The van der Waals surface area contributed by atoms with Crippen molar-refractivity contribution in [1.82, 2.24) is 10.2 Å².